The van der Waals surface area contributed by atoms with E-state index in [0.29, 0.717) is 5.56 Å². The molecular weight excluding hydrogens is 702 g/mol. The van der Waals surface area contributed by atoms with Crippen LogP contribution < -0.4 is 5.43 Å². The Morgan fingerprint density at radius 3 is 2.70 bits per heavy atom. The lowest BCUT2D eigenvalue weighted by Crippen LogP contribution is -2.19. The summed E-state index contributed by atoms with van der Waals surface area (Å²) in [5, 5.41) is 24.9. The molecule has 1 heterocycles. The van der Waals surface area contributed by atoms with Gasteiger partial charge in [0.1, 0.15) is 5.75 Å². The van der Waals surface area contributed by atoms with Gasteiger partial charge in [0.2, 0.25) is 0 Å². The van der Waals surface area contributed by atoms with Crippen LogP contribution in [0.15, 0.2) is 68.4 Å². The lowest BCUT2D eigenvalue weighted by molar-refractivity contribution is -0.118. The molecule has 0 saturated heterocycles. The fourth-order valence-electron chi connectivity index (χ4n) is 2.89. The number of rotatable bonds is 8. The summed E-state index contributed by atoms with van der Waals surface area (Å²) in [5.74, 6) is 0.873. The van der Waals surface area contributed by atoms with Crippen molar-refractivity contribution in [1.29, 1.82) is 0 Å². The number of carbonyl (C=O) groups excluding carboxylic acids is 1. The van der Waals surface area contributed by atoms with Gasteiger partial charge in [0.25, 0.3) is 5.91 Å². The van der Waals surface area contributed by atoms with Crippen LogP contribution in [0.5, 0.6) is 5.75 Å². The van der Waals surface area contributed by atoms with Crippen molar-refractivity contribution in [2.45, 2.75) is 14.4 Å². The van der Waals surface area contributed by atoms with Crippen LogP contribution in [0, 0.1) is 7.14 Å². The lowest BCUT2D eigenvalue weighted by atomic mass is 10.1. The third kappa shape index (κ3) is 6.81. The number of fused-ring (bicyclic) bond motifs is 1. The fourth-order valence-corrected chi connectivity index (χ4v) is 7.60. The van der Waals surface area contributed by atoms with E-state index in [1.165, 1.54) is 45.6 Å². The number of hydrogen-bond acceptors (Lipinski definition) is 8. The minimum absolute atomic E-state index is 0.144. The van der Waals surface area contributed by atoms with Crippen molar-refractivity contribution >= 4 is 103 Å². The van der Waals surface area contributed by atoms with Gasteiger partial charge in [-0.25, -0.2) is 5.43 Å². The van der Waals surface area contributed by atoms with E-state index in [4.69, 9.17) is 0 Å². The number of aromatic hydroxyl groups is 1. The molecule has 0 atom stereocenters. The predicted molar refractivity (Wildman–Crippen MR) is 153 cm³/mol. The van der Waals surface area contributed by atoms with Gasteiger partial charge < -0.3 is 5.11 Å². The van der Waals surface area contributed by atoms with E-state index >= 15 is 0 Å². The number of phenolic OH excluding ortho intramolecular Hbond substituents is 1. The van der Waals surface area contributed by atoms with Crippen molar-refractivity contribution in [2.24, 2.45) is 5.10 Å². The van der Waals surface area contributed by atoms with Gasteiger partial charge >= 0.3 is 0 Å². The molecule has 0 unspecified atom stereocenters. The SMILES string of the molecule is O=C(CSc1nnc(SCc2cccc3ccccc23)s1)NN=Cc1cc(I)cc(I)c1O. The van der Waals surface area contributed by atoms with Crippen molar-refractivity contribution < 1.29 is 9.90 Å². The molecule has 4 rings (SSSR count). The molecule has 33 heavy (non-hydrogen) atoms. The number of phenols is 1. The highest BCUT2D eigenvalue weighted by molar-refractivity contribution is 14.1. The summed E-state index contributed by atoms with van der Waals surface area (Å²) in [7, 11) is 0. The Morgan fingerprint density at radius 1 is 1.09 bits per heavy atom. The molecule has 0 aliphatic rings. The van der Waals surface area contributed by atoms with Gasteiger partial charge in [0, 0.05) is 14.9 Å². The summed E-state index contributed by atoms with van der Waals surface area (Å²) in [5.41, 5.74) is 4.29. The molecule has 0 radical (unpaired) electrons. The lowest BCUT2D eigenvalue weighted by Gasteiger charge is -2.04. The second kappa shape index (κ2) is 11.8. The van der Waals surface area contributed by atoms with Crippen molar-refractivity contribution in [2.75, 3.05) is 5.75 Å². The Labute approximate surface area is 230 Å². The molecule has 0 aliphatic carbocycles. The Bertz CT molecular complexity index is 1320. The number of halogens is 2. The van der Waals surface area contributed by atoms with Crippen LogP contribution in [0.3, 0.4) is 0 Å². The first-order valence-electron chi connectivity index (χ1n) is 9.55. The van der Waals surface area contributed by atoms with Crippen LogP contribution in [-0.4, -0.2) is 33.2 Å². The summed E-state index contributed by atoms with van der Waals surface area (Å²) in [4.78, 5) is 12.1. The molecule has 11 heteroatoms. The number of benzene rings is 3. The summed E-state index contributed by atoms with van der Waals surface area (Å²) in [6.07, 6.45) is 1.44. The Morgan fingerprint density at radius 2 is 1.85 bits per heavy atom. The van der Waals surface area contributed by atoms with Crippen molar-refractivity contribution in [3.8, 4) is 5.75 Å². The van der Waals surface area contributed by atoms with Crippen LogP contribution in [-0.2, 0) is 10.5 Å². The maximum absolute atomic E-state index is 12.1. The average molecular weight is 718 g/mol. The number of aromatic nitrogens is 2. The first-order chi connectivity index (χ1) is 16.0. The third-order valence-electron chi connectivity index (χ3n) is 4.40. The number of thioether (sulfide) groups is 2. The largest absolute Gasteiger partial charge is 0.506 e. The number of hydrazone groups is 1. The minimum atomic E-state index is -0.253. The highest BCUT2D eigenvalue weighted by Crippen LogP contribution is 2.32. The quantitative estimate of drug-likeness (QED) is 0.0986. The van der Waals surface area contributed by atoms with E-state index in [0.717, 1.165) is 21.6 Å². The molecule has 168 valence electrons. The molecule has 2 N–H and O–H groups in total. The number of amides is 1. The van der Waals surface area contributed by atoms with Gasteiger partial charge in [-0.05, 0) is 73.7 Å². The van der Waals surface area contributed by atoms with E-state index in [1.54, 1.807) is 17.8 Å². The molecule has 4 aromatic rings. The maximum atomic E-state index is 12.1. The van der Waals surface area contributed by atoms with Gasteiger partial charge in [-0.2, -0.15) is 5.10 Å². The zero-order chi connectivity index (χ0) is 23.2. The molecule has 1 aromatic heterocycles. The molecule has 0 aliphatic heterocycles. The summed E-state index contributed by atoms with van der Waals surface area (Å²) >= 11 is 8.66. The van der Waals surface area contributed by atoms with Crippen LogP contribution in [0.4, 0.5) is 0 Å². The van der Waals surface area contributed by atoms with Crippen molar-refractivity contribution in [1.82, 2.24) is 15.6 Å². The molecule has 1 amide bonds. The predicted octanol–water partition coefficient (Wildman–Crippen LogP) is 6.14. The van der Waals surface area contributed by atoms with Crippen LogP contribution in [0.1, 0.15) is 11.1 Å². The minimum Gasteiger partial charge on any atom is -0.506 e. The first-order valence-corrected chi connectivity index (χ1v) is 14.5. The monoisotopic (exact) mass is 718 g/mol. The maximum Gasteiger partial charge on any atom is 0.250 e. The van der Waals surface area contributed by atoms with Gasteiger partial charge in [-0.15, -0.1) is 10.2 Å². The second-order valence-electron chi connectivity index (χ2n) is 6.67. The zero-order valence-corrected chi connectivity index (χ0v) is 23.6. The second-order valence-corrected chi connectivity index (χ2v) is 12.5. The normalized spacial score (nSPS) is 11.3. The molecule has 0 spiro atoms. The first kappa shape index (κ1) is 24.7. The Balaban J connectivity index is 1.27. The van der Waals surface area contributed by atoms with Crippen molar-refractivity contribution in [3.63, 3.8) is 0 Å². The van der Waals surface area contributed by atoms with E-state index in [-0.39, 0.29) is 17.4 Å². The smallest absolute Gasteiger partial charge is 0.250 e. The molecule has 0 fully saturated rings. The van der Waals surface area contributed by atoms with Gasteiger partial charge in [0.15, 0.2) is 8.68 Å². The average Bonchev–Trinajstić information content (AvgIpc) is 3.27. The summed E-state index contributed by atoms with van der Waals surface area (Å²) in [6.45, 7) is 0. The number of hydrogen-bond donors (Lipinski definition) is 2. The highest BCUT2D eigenvalue weighted by Gasteiger charge is 2.10. The van der Waals surface area contributed by atoms with Crippen LogP contribution >= 0.6 is 80.0 Å². The van der Waals surface area contributed by atoms with E-state index in [2.05, 4.69) is 102 Å². The van der Waals surface area contributed by atoms with Crippen LogP contribution in [0.25, 0.3) is 10.8 Å². The molecule has 0 saturated carbocycles. The fraction of sp³-hybridized carbons (Fsp3) is 0.0909. The molecule has 6 nitrogen and oxygen atoms in total. The number of nitrogens with one attached hydrogen (secondary N) is 1. The highest BCUT2D eigenvalue weighted by atomic mass is 127. The Hall–Kier alpha value is -1.42. The Kier molecular flexibility index (Phi) is 8.85. The van der Waals surface area contributed by atoms with E-state index in [1.807, 2.05) is 12.1 Å². The zero-order valence-electron chi connectivity index (χ0n) is 16.9. The molecule has 0 bridgehead atoms. The van der Waals surface area contributed by atoms with Gasteiger partial charge in [0.05, 0.1) is 15.5 Å². The van der Waals surface area contributed by atoms with Crippen LogP contribution in [0.2, 0.25) is 0 Å². The number of carbonyl (C=O) groups is 1. The molecule has 3 aromatic carbocycles. The standard InChI is InChI=1S/C22H16I2N4O2S3/c23-16-8-15(20(30)18(24)9-16)10-25-26-19(29)12-32-22-28-27-21(33-22)31-11-14-6-3-5-13-4-1-2-7-17(13)14/h1-10,30H,11-12H2,(H,26,29). The summed E-state index contributed by atoms with van der Waals surface area (Å²) < 4.78 is 3.31. The van der Waals surface area contributed by atoms with Gasteiger partial charge in [-0.1, -0.05) is 77.3 Å². The third-order valence-corrected chi connectivity index (χ3v) is 9.08. The van der Waals surface area contributed by atoms with Gasteiger partial charge in [-0.3, -0.25) is 4.79 Å². The van der Waals surface area contributed by atoms with E-state index in [9.17, 15) is 9.90 Å². The molecular formula is C22H16I2N4O2S3. The van der Waals surface area contributed by atoms with Crippen molar-refractivity contribution in [3.05, 3.63) is 72.9 Å². The summed E-state index contributed by atoms with van der Waals surface area (Å²) in [6, 6.07) is 18.3. The van der Waals surface area contributed by atoms with E-state index < -0.39 is 0 Å². The number of nitrogens with zero attached hydrogens (tertiary/aromatic N) is 3. The topological polar surface area (TPSA) is 87.5 Å².